The molecule has 1 aliphatic heterocycles. The summed E-state index contributed by atoms with van der Waals surface area (Å²) in [5, 5.41) is 12.2. The molecule has 150 valence electrons. The summed E-state index contributed by atoms with van der Waals surface area (Å²) in [4.78, 5) is 35.6. The molecule has 0 aliphatic carbocycles. The number of nitro groups is 1. The molecule has 2 aromatic carbocycles. The Balaban J connectivity index is 1.62. The number of furan rings is 1. The van der Waals surface area contributed by atoms with Gasteiger partial charge in [-0.3, -0.25) is 25.1 Å². The molecule has 2 heterocycles. The molecule has 0 bridgehead atoms. The van der Waals surface area contributed by atoms with Crippen LogP contribution < -0.4 is 10.4 Å². The molecule has 4 rings (SSSR count). The minimum absolute atomic E-state index is 0.0572. The third-order valence-electron chi connectivity index (χ3n) is 4.90. The first-order valence-corrected chi connectivity index (χ1v) is 9.12. The van der Waals surface area contributed by atoms with Gasteiger partial charge in [-0.15, -0.1) is 0 Å². The van der Waals surface area contributed by atoms with Crippen LogP contribution in [0.1, 0.15) is 16.9 Å². The highest BCUT2D eigenvalue weighted by Crippen LogP contribution is 2.28. The maximum Gasteiger partial charge on any atom is 0.282 e. The van der Waals surface area contributed by atoms with Crippen LogP contribution in [-0.4, -0.2) is 16.7 Å². The number of hydrogen-bond donors (Lipinski definition) is 1. The molecule has 30 heavy (non-hydrogen) atoms. The summed E-state index contributed by atoms with van der Waals surface area (Å²) in [5.74, 6) is -0.345. The number of nitrogens with zero attached hydrogens (tertiary/aromatic N) is 2. The van der Waals surface area contributed by atoms with Crippen LogP contribution in [0.5, 0.6) is 0 Å². The average Bonchev–Trinajstić information content (AvgIpc) is 3.30. The number of amides is 2. The van der Waals surface area contributed by atoms with Gasteiger partial charge in [-0.1, -0.05) is 18.2 Å². The van der Waals surface area contributed by atoms with Crippen molar-refractivity contribution in [3.05, 3.63) is 87.2 Å². The van der Waals surface area contributed by atoms with Gasteiger partial charge >= 0.3 is 0 Å². The highest BCUT2D eigenvalue weighted by atomic mass is 16.6. The molecular weight excluding hydrogens is 386 g/mol. The van der Waals surface area contributed by atoms with Gasteiger partial charge < -0.3 is 4.42 Å². The van der Waals surface area contributed by atoms with Crippen molar-refractivity contribution in [3.63, 3.8) is 0 Å². The lowest BCUT2D eigenvalue weighted by molar-refractivity contribution is -0.384. The molecule has 8 heteroatoms. The number of nitrogens with one attached hydrogen (secondary N) is 1. The van der Waals surface area contributed by atoms with E-state index in [0.29, 0.717) is 17.0 Å². The molecule has 3 aromatic rings. The maximum atomic E-state index is 12.8. The van der Waals surface area contributed by atoms with Gasteiger partial charge in [0, 0.05) is 17.7 Å². The number of non-ortho nitro benzene ring substituents is 1. The van der Waals surface area contributed by atoms with Crippen LogP contribution in [0, 0.1) is 24.0 Å². The topological polar surface area (TPSA) is 106 Å². The SMILES string of the molecule is Cc1ccc(N2NC(=O)C(=Cc3ccc(-c4cccc([N+](=O)[O-])c4)o3)C2=O)cc1C. The number of aryl methyl sites for hydroxylation is 2. The zero-order valence-electron chi connectivity index (χ0n) is 16.2. The molecule has 1 N–H and O–H groups in total. The quantitative estimate of drug-likeness (QED) is 0.307. The Bertz CT molecular complexity index is 1230. The fourth-order valence-electron chi connectivity index (χ4n) is 3.10. The molecule has 1 aliphatic rings. The molecule has 8 nitrogen and oxygen atoms in total. The van der Waals surface area contributed by atoms with Gasteiger partial charge in [0.15, 0.2) is 0 Å². The molecule has 0 radical (unpaired) electrons. The van der Waals surface area contributed by atoms with Gasteiger partial charge in [0.2, 0.25) is 0 Å². The van der Waals surface area contributed by atoms with E-state index in [1.54, 1.807) is 30.3 Å². The van der Waals surface area contributed by atoms with E-state index in [0.717, 1.165) is 11.1 Å². The number of anilines is 1. The Labute approximate surface area is 171 Å². The summed E-state index contributed by atoms with van der Waals surface area (Å²) in [6.07, 6.45) is 1.36. The predicted octanol–water partition coefficient (Wildman–Crippen LogP) is 3.93. The summed E-state index contributed by atoms with van der Waals surface area (Å²) in [6, 6.07) is 14.7. The number of hydrazine groups is 1. The van der Waals surface area contributed by atoms with Gasteiger partial charge in [-0.05, 0) is 55.3 Å². The molecule has 0 spiro atoms. The summed E-state index contributed by atoms with van der Waals surface area (Å²) >= 11 is 0. The van der Waals surface area contributed by atoms with Crippen molar-refractivity contribution in [3.8, 4) is 11.3 Å². The second-order valence-corrected chi connectivity index (χ2v) is 6.92. The molecule has 1 aromatic heterocycles. The van der Waals surface area contributed by atoms with E-state index < -0.39 is 16.7 Å². The van der Waals surface area contributed by atoms with Gasteiger partial charge in [0.1, 0.15) is 17.1 Å². The molecular formula is C22H17N3O5. The van der Waals surface area contributed by atoms with E-state index in [2.05, 4.69) is 5.43 Å². The summed E-state index contributed by atoms with van der Waals surface area (Å²) < 4.78 is 5.69. The third kappa shape index (κ3) is 3.46. The fourth-order valence-corrected chi connectivity index (χ4v) is 3.10. The van der Waals surface area contributed by atoms with Crippen LogP contribution in [0.3, 0.4) is 0 Å². The predicted molar refractivity (Wildman–Crippen MR) is 110 cm³/mol. The Kier molecular flexibility index (Phi) is 4.67. The first-order valence-electron chi connectivity index (χ1n) is 9.12. The summed E-state index contributed by atoms with van der Waals surface area (Å²) in [6.45, 7) is 3.89. The lowest BCUT2D eigenvalue weighted by Gasteiger charge is -2.15. The lowest BCUT2D eigenvalue weighted by atomic mass is 10.1. The maximum absolute atomic E-state index is 12.8. The minimum atomic E-state index is -0.536. The number of benzene rings is 2. The molecule has 1 fully saturated rings. The molecule has 1 saturated heterocycles. The first kappa shape index (κ1) is 19.1. The second-order valence-electron chi connectivity index (χ2n) is 6.92. The fraction of sp³-hybridized carbons (Fsp3) is 0.0909. The van der Waals surface area contributed by atoms with E-state index in [4.69, 9.17) is 4.42 Å². The monoisotopic (exact) mass is 403 g/mol. The number of carbonyl (C=O) groups excluding carboxylic acids is 2. The van der Waals surface area contributed by atoms with Crippen LogP contribution in [0.15, 0.2) is 64.6 Å². The Morgan fingerprint density at radius 3 is 2.57 bits per heavy atom. The van der Waals surface area contributed by atoms with Gasteiger partial charge in [-0.2, -0.15) is 0 Å². The molecule has 0 atom stereocenters. The van der Waals surface area contributed by atoms with Crippen molar-refractivity contribution in [2.45, 2.75) is 13.8 Å². The molecule has 0 saturated carbocycles. The van der Waals surface area contributed by atoms with Crippen LogP contribution in [0.2, 0.25) is 0 Å². The van der Waals surface area contributed by atoms with Crippen molar-refractivity contribution in [1.82, 2.24) is 5.43 Å². The van der Waals surface area contributed by atoms with Crippen molar-refractivity contribution in [2.24, 2.45) is 0 Å². The van der Waals surface area contributed by atoms with Gasteiger partial charge in [0.05, 0.1) is 10.6 Å². The van der Waals surface area contributed by atoms with E-state index in [1.165, 1.54) is 23.2 Å². The Morgan fingerprint density at radius 1 is 1.03 bits per heavy atom. The smallest absolute Gasteiger partial charge is 0.282 e. The van der Waals surface area contributed by atoms with E-state index in [1.807, 2.05) is 26.0 Å². The standard InChI is InChI=1S/C22H17N3O5/c1-13-6-7-16(10-14(13)2)24-22(27)19(21(26)23-24)12-18-8-9-20(30-18)15-4-3-5-17(11-15)25(28)29/h3-12H,1-2H3,(H,23,26). The Hall–Kier alpha value is -4.20. The van der Waals surface area contributed by atoms with Crippen molar-refractivity contribution in [1.29, 1.82) is 0 Å². The number of carbonyl (C=O) groups is 2. The Morgan fingerprint density at radius 2 is 1.83 bits per heavy atom. The van der Waals surface area contributed by atoms with Crippen LogP contribution in [-0.2, 0) is 9.59 Å². The minimum Gasteiger partial charge on any atom is -0.457 e. The number of nitro benzene ring substituents is 1. The van der Waals surface area contributed by atoms with E-state index >= 15 is 0 Å². The van der Waals surface area contributed by atoms with Crippen LogP contribution in [0.25, 0.3) is 17.4 Å². The van der Waals surface area contributed by atoms with E-state index in [9.17, 15) is 19.7 Å². The summed E-state index contributed by atoms with van der Waals surface area (Å²) in [7, 11) is 0. The van der Waals surface area contributed by atoms with E-state index in [-0.39, 0.29) is 17.0 Å². The van der Waals surface area contributed by atoms with Gasteiger partial charge in [-0.25, -0.2) is 5.01 Å². The zero-order valence-corrected chi connectivity index (χ0v) is 16.2. The lowest BCUT2D eigenvalue weighted by Crippen LogP contribution is -2.35. The normalized spacial score (nSPS) is 15.0. The van der Waals surface area contributed by atoms with Crippen LogP contribution >= 0.6 is 0 Å². The summed E-state index contributed by atoms with van der Waals surface area (Å²) in [5.41, 5.74) is 5.60. The number of hydrogen-bond acceptors (Lipinski definition) is 5. The number of rotatable bonds is 4. The van der Waals surface area contributed by atoms with Crippen molar-refractivity contribution in [2.75, 3.05) is 5.01 Å². The van der Waals surface area contributed by atoms with Gasteiger partial charge in [0.25, 0.3) is 17.5 Å². The highest BCUT2D eigenvalue weighted by Gasteiger charge is 2.34. The average molecular weight is 403 g/mol. The highest BCUT2D eigenvalue weighted by molar-refractivity contribution is 6.31. The molecule has 0 unspecified atom stereocenters. The zero-order chi connectivity index (χ0) is 21.4. The third-order valence-corrected chi connectivity index (χ3v) is 4.90. The van der Waals surface area contributed by atoms with Crippen LogP contribution in [0.4, 0.5) is 11.4 Å². The largest absolute Gasteiger partial charge is 0.457 e. The first-order chi connectivity index (χ1) is 14.3. The van der Waals surface area contributed by atoms with Crippen molar-refractivity contribution < 1.29 is 18.9 Å². The molecule has 2 amide bonds. The second kappa shape index (κ2) is 7.32. The van der Waals surface area contributed by atoms with Crippen molar-refractivity contribution >= 4 is 29.3 Å².